The SMILES string of the molecule is COc1c(N)cccc1N1CCN(CC2CC2)CC1. The predicted molar refractivity (Wildman–Crippen MR) is 78.8 cm³/mol. The summed E-state index contributed by atoms with van der Waals surface area (Å²) in [5.41, 5.74) is 7.83. The molecule has 1 aromatic rings. The van der Waals surface area contributed by atoms with Crippen LogP contribution in [0.25, 0.3) is 0 Å². The summed E-state index contributed by atoms with van der Waals surface area (Å²) >= 11 is 0. The summed E-state index contributed by atoms with van der Waals surface area (Å²) in [6.45, 7) is 5.71. The van der Waals surface area contributed by atoms with Crippen molar-refractivity contribution in [1.29, 1.82) is 0 Å². The Labute approximate surface area is 115 Å². The molecule has 0 radical (unpaired) electrons. The average Bonchev–Trinajstić information content (AvgIpc) is 3.23. The topological polar surface area (TPSA) is 41.7 Å². The molecule has 2 N–H and O–H groups in total. The maximum absolute atomic E-state index is 5.98. The molecule has 1 aliphatic heterocycles. The second-order valence-corrected chi connectivity index (χ2v) is 5.63. The lowest BCUT2D eigenvalue weighted by Crippen LogP contribution is -2.47. The minimum atomic E-state index is 0.723. The van der Waals surface area contributed by atoms with Gasteiger partial charge in [-0.15, -0.1) is 0 Å². The van der Waals surface area contributed by atoms with Gasteiger partial charge in [0.15, 0.2) is 5.75 Å². The summed E-state index contributed by atoms with van der Waals surface area (Å²) in [5.74, 6) is 1.80. The average molecular weight is 261 g/mol. The molecule has 3 rings (SSSR count). The summed E-state index contributed by atoms with van der Waals surface area (Å²) in [4.78, 5) is 4.98. The molecule has 1 aromatic carbocycles. The fourth-order valence-corrected chi connectivity index (χ4v) is 2.85. The third kappa shape index (κ3) is 2.78. The Hall–Kier alpha value is -1.42. The maximum Gasteiger partial charge on any atom is 0.165 e. The first kappa shape index (κ1) is 12.6. The van der Waals surface area contributed by atoms with E-state index in [0.717, 1.165) is 49.2 Å². The summed E-state index contributed by atoms with van der Waals surface area (Å²) < 4.78 is 5.45. The highest BCUT2D eigenvalue weighted by Gasteiger charge is 2.27. The van der Waals surface area contributed by atoms with Gasteiger partial charge in [-0.05, 0) is 30.9 Å². The van der Waals surface area contributed by atoms with Crippen molar-refractivity contribution in [2.24, 2.45) is 5.92 Å². The van der Waals surface area contributed by atoms with Gasteiger partial charge in [0.05, 0.1) is 18.5 Å². The van der Waals surface area contributed by atoms with E-state index in [9.17, 15) is 0 Å². The van der Waals surface area contributed by atoms with Crippen LogP contribution < -0.4 is 15.4 Å². The van der Waals surface area contributed by atoms with Crippen LogP contribution in [0, 0.1) is 5.92 Å². The lowest BCUT2D eigenvalue weighted by molar-refractivity contribution is 0.247. The molecule has 1 saturated carbocycles. The van der Waals surface area contributed by atoms with Crippen LogP contribution in [0.15, 0.2) is 18.2 Å². The Kier molecular flexibility index (Phi) is 3.51. The molecule has 0 unspecified atom stereocenters. The molecule has 1 heterocycles. The largest absolute Gasteiger partial charge is 0.492 e. The summed E-state index contributed by atoms with van der Waals surface area (Å²) in [6, 6.07) is 6.00. The van der Waals surface area contributed by atoms with Gasteiger partial charge in [-0.3, -0.25) is 4.90 Å². The number of hydrogen-bond acceptors (Lipinski definition) is 4. The van der Waals surface area contributed by atoms with E-state index in [2.05, 4.69) is 15.9 Å². The minimum absolute atomic E-state index is 0.723. The molecule has 0 bridgehead atoms. The van der Waals surface area contributed by atoms with Crippen molar-refractivity contribution in [3.05, 3.63) is 18.2 Å². The first-order chi connectivity index (χ1) is 9.28. The lowest BCUT2D eigenvalue weighted by atomic mass is 10.2. The van der Waals surface area contributed by atoms with E-state index in [1.54, 1.807) is 7.11 Å². The van der Waals surface area contributed by atoms with Gasteiger partial charge in [-0.25, -0.2) is 0 Å². The number of nitrogen functional groups attached to an aromatic ring is 1. The van der Waals surface area contributed by atoms with Crippen LogP contribution in [0.3, 0.4) is 0 Å². The molecule has 2 fully saturated rings. The number of hydrogen-bond donors (Lipinski definition) is 1. The molecule has 1 saturated heterocycles. The highest BCUT2D eigenvalue weighted by atomic mass is 16.5. The molecule has 0 spiro atoms. The summed E-state index contributed by atoms with van der Waals surface area (Å²) in [5, 5.41) is 0. The Morgan fingerprint density at radius 1 is 1.21 bits per heavy atom. The van der Waals surface area contributed by atoms with E-state index in [4.69, 9.17) is 10.5 Å². The fourth-order valence-electron chi connectivity index (χ4n) is 2.85. The monoisotopic (exact) mass is 261 g/mol. The molecule has 1 aliphatic carbocycles. The summed E-state index contributed by atoms with van der Waals surface area (Å²) in [6.07, 6.45) is 2.87. The quantitative estimate of drug-likeness (QED) is 0.839. The molecule has 104 valence electrons. The van der Waals surface area contributed by atoms with E-state index >= 15 is 0 Å². The zero-order chi connectivity index (χ0) is 13.2. The van der Waals surface area contributed by atoms with Crippen LogP contribution in [0.2, 0.25) is 0 Å². The number of para-hydroxylation sites is 1. The molecule has 19 heavy (non-hydrogen) atoms. The number of anilines is 2. The zero-order valence-corrected chi connectivity index (χ0v) is 11.6. The van der Waals surface area contributed by atoms with Gasteiger partial charge in [-0.1, -0.05) is 6.07 Å². The van der Waals surface area contributed by atoms with Crippen molar-refractivity contribution in [2.45, 2.75) is 12.8 Å². The van der Waals surface area contributed by atoms with Gasteiger partial charge in [0, 0.05) is 32.7 Å². The molecule has 0 aromatic heterocycles. The van der Waals surface area contributed by atoms with Gasteiger partial charge in [0.25, 0.3) is 0 Å². The number of nitrogens with zero attached hydrogens (tertiary/aromatic N) is 2. The van der Waals surface area contributed by atoms with E-state index in [1.807, 2.05) is 12.1 Å². The third-order valence-electron chi connectivity index (χ3n) is 4.16. The Morgan fingerprint density at radius 2 is 1.95 bits per heavy atom. The van der Waals surface area contributed by atoms with Gasteiger partial charge < -0.3 is 15.4 Å². The minimum Gasteiger partial charge on any atom is -0.492 e. The Bertz CT molecular complexity index is 437. The molecule has 0 amide bonds. The van der Waals surface area contributed by atoms with E-state index < -0.39 is 0 Å². The van der Waals surface area contributed by atoms with E-state index in [-0.39, 0.29) is 0 Å². The van der Waals surface area contributed by atoms with E-state index in [0.29, 0.717) is 0 Å². The van der Waals surface area contributed by atoms with Crippen molar-refractivity contribution < 1.29 is 4.74 Å². The molecular formula is C15H23N3O. The number of piperazine rings is 1. The first-order valence-electron chi connectivity index (χ1n) is 7.17. The van der Waals surface area contributed by atoms with Gasteiger partial charge >= 0.3 is 0 Å². The molecule has 4 nitrogen and oxygen atoms in total. The van der Waals surface area contributed by atoms with Crippen molar-refractivity contribution in [2.75, 3.05) is 50.5 Å². The van der Waals surface area contributed by atoms with Crippen LogP contribution in [0.5, 0.6) is 5.75 Å². The van der Waals surface area contributed by atoms with Crippen molar-refractivity contribution in [1.82, 2.24) is 4.90 Å². The second kappa shape index (κ2) is 5.29. The Morgan fingerprint density at radius 3 is 2.58 bits per heavy atom. The predicted octanol–water partition coefficient (Wildman–Crippen LogP) is 1.81. The van der Waals surface area contributed by atoms with Crippen LogP contribution in [0.4, 0.5) is 11.4 Å². The van der Waals surface area contributed by atoms with Crippen LogP contribution in [0.1, 0.15) is 12.8 Å². The number of rotatable bonds is 4. The molecular weight excluding hydrogens is 238 g/mol. The summed E-state index contributed by atoms with van der Waals surface area (Å²) in [7, 11) is 1.69. The fraction of sp³-hybridized carbons (Fsp3) is 0.600. The van der Waals surface area contributed by atoms with E-state index in [1.165, 1.54) is 19.4 Å². The van der Waals surface area contributed by atoms with Crippen molar-refractivity contribution in [3.8, 4) is 5.75 Å². The van der Waals surface area contributed by atoms with Crippen molar-refractivity contribution >= 4 is 11.4 Å². The molecule has 0 atom stereocenters. The van der Waals surface area contributed by atoms with Crippen LogP contribution >= 0.6 is 0 Å². The Balaban J connectivity index is 1.65. The normalized spacial score (nSPS) is 20.6. The molecule has 4 heteroatoms. The number of methoxy groups -OCH3 is 1. The van der Waals surface area contributed by atoms with Gasteiger partial charge in [0.2, 0.25) is 0 Å². The standard InChI is InChI=1S/C15H23N3O/c1-19-15-13(16)3-2-4-14(15)18-9-7-17(8-10-18)11-12-5-6-12/h2-4,12H,5-11,16H2,1H3. The van der Waals surface area contributed by atoms with Gasteiger partial charge in [0.1, 0.15) is 0 Å². The highest BCUT2D eigenvalue weighted by molar-refractivity contribution is 5.70. The van der Waals surface area contributed by atoms with Crippen LogP contribution in [-0.4, -0.2) is 44.7 Å². The molecule has 2 aliphatic rings. The van der Waals surface area contributed by atoms with Gasteiger partial charge in [-0.2, -0.15) is 0 Å². The second-order valence-electron chi connectivity index (χ2n) is 5.63. The number of nitrogens with two attached hydrogens (primary N) is 1. The van der Waals surface area contributed by atoms with Crippen molar-refractivity contribution in [3.63, 3.8) is 0 Å². The zero-order valence-electron chi connectivity index (χ0n) is 11.6. The smallest absolute Gasteiger partial charge is 0.165 e. The third-order valence-corrected chi connectivity index (χ3v) is 4.16. The lowest BCUT2D eigenvalue weighted by Gasteiger charge is -2.36. The highest BCUT2D eigenvalue weighted by Crippen LogP contribution is 2.35. The van der Waals surface area contributed by atoms with Crippen LogP contribution in [-0.2, 0) is 0 Å². The first-order valence-corrected chi connectivity index (χ1v) is 7.17. The maximum atomic E-state index is 5.98. The number of ether oxygens (including phenoxy) is 1. The number of benzene rings is 1.